The lowest BCUT2D eigenvalue weighted by Gasteiger charge is -2.37. The molecule has 0 bridgehead atoms. The van der Waals surface area contributed by atoms with Crippen molar-refractivity contribution in [1.29, 1.82) is 0 Å². The van der Waals surface area contributed by atoms with E-state index in [1.165, 1.54) is 0 Å². The molecule has 144 valence electrons. The van der Waals surface area contributed by atoms with Gasteiger partial charge in [0.15, 0.2) is 0 Å². The van der Waals surface area contributed by atoms with Crippen molar-refractivity contribution in [3.8, 4) is 5.88 Å². The highest BCUT2D eigenvalue weighted by atomic mass is 79.9. The first kappa shape index (κ1) is 20.6. The predicted molar refractivity (Wildman–Crippen MR) is 101 cm³/mol. The van der Waals surface area contributed by atoms with Crippen LogP contribution >= 0.6 is 15.9 Å². The molecule has 1 aromatic heterocycles. The van der Waals surface area contributed by atoms with Crippen molar-refractivity contribution in [3.05, 3.63) is 22.3 Å². The Labute approximate surface area is 162 Å². The maximum atomic E-state index is 13.0. The zero-order valence-corrected chi connectivity index (χ0v) is 17.2. The summed E-state index contributed by atoms with van der Waals surface area (Å²) in [7, 11) is 1.75. The number of fused-ring (bicyclic) bond motifs is 1. The molecule has 0 unspecified atom stereocenters. The van der Waals surface area contributed by atoms with Gasteiger partial charge in [0, 0.05) is 36.6 Å². The van der Waals surface area contributed by atoms with Gasteiger partial charge < -0.3 is 19.6 Å². The van der Waals surface area contributed by atoms with E-state index in [-0.39, 0.29) is 42.4 Å². The van der Waals surface area contributed by atoms with Gasteiger partial charge in [0.2, 0.25) is 11.8 Å². The number of likely N-dealkylation sites (N-methyl/N-ethyl adjacent to an activating group) is 1. The summed E-state index contributed by atoms with van der Waals surface area (Å²) in [4.78, 5) is 32.5. The molecule has 0 fully saturated rings. The number of amides is 2. The first-order chi connectivity index (χ1) is 12.3. The summed E-state index contributed by atoms with van der Waals surface area (Å²) in [5.41, 5.74) is 0.348. The monoisotopic (exact) mass is 427 g/mol. The van der Waals surface area contributed by atoms with Gasteiger partial charge in [-0.25, -0.2) is 4.98 Å². The molecule has 3 atom stereocenters. The Bertz CT molecular complexity index is 670. The fraction of sp³-hybridized carbons (Fsp3) is 0.611. The summed E-state index contributed by atoms with van der Waals surface area (Å²) < 4.78 is 6.74. The van der Waals surface area contributed by atoms with Crippen LogP contribution in [-0.4, -0.2) is 70.6 Å². The second kappa shape index (κ2) is 8.81. The van der Waals surface area contributed by atoms with Gasteiger partial charge >= 0.3 is 0 Å². The fourth-order valence-electron chi connectivity index (χ4n) is 2.94. The molecule has 26 heavy (non-hydrogen) atoms. The van der Waals surface area contributed by atoms with Gasteiger partial charge in [-0.2, -0.15) is 0 Å². The average molecular weight is 428 g/mol. The van der Waals surface area contributed by atoms with Crippen LogP contribution < -0.4 is 4.74 Å². The highest BCUT2D eigenvalue weighted by molar-refractivity contribution is 9.10. The number of aromatic nitrogens is 1. The van der Waals surface area contributed by atoms with Gasteiger partial charge in [-0.3, -0.25) is 9.59 Å². The second-order valence-electron chi connectivity index (χ2n) is 6.76. The van der Waals surface area contributed by atoms with Gasteiger partial charge in [0.1, 0.15) is 11.7 Å². The minimum Gasteiger partial charge on any atom is -0.472 e. The first-order valence-corrected chi connectivity index (χ1v) is 9.55. The molecule has 8 heteroatoms. The van der Waals surface area contributed by atoms with Crippen LogP contribution in [0.5, 0.6) is 5.88 Å². The zero-order chi connectivity index (χ0) is 19.4. The summed E-state index contributed by atoms with van der Waals surface area (Å²) >= 11 is 3.34. The maximum absolute atomic E-state index is 13.0. The van der Waals surface area contributed by atoms with Crippen LogP contribution in [0.2, 0.25) is 0 Å². The minimum absolute atomic E-state index is 0.0310. The van der Waals surface area contributed by atoms with E-state index in [0.717, 1.165) is 0 Å². The van der Waals surface area contributed by atoms with Crippen molar-refractivity contribution in [2.24, 2.45) is 5.92 Å². The van der Waals surface area contributed by atoms with Gasteiger partial charge in [0.25, 0.3) is 5.91 Å². The van der Waals surface area contributed by atoms with E-state index >= 15 is 0 Å². The molecule has 1 aliphatic heterocycles. The van der Waals surface area contributed by atoms with Crippen LogP contribution in [0.25, 0.3) is 0 Å². The number of rotatable bonds is 5. The Kier molecular flexibility index (Phi) is 7.00. The number of hydrogen-bond acceptors (Lipinski definition) is 5. The number of carbonyl (C=O) groups is 2. The Morgan fingerprint density at radius 1 is 1.58 bits per heavy atom. The fourth-order valence-corrected chi connectivity index (χ4v) is 3.27. The Hall–Kier alpha value is -1.67. The molecule has 1 aromatic rings. The number of nitrogens with zero attached hydrogens (tertiary/aromatic N) is 3. The third kappa shape index (κ3) is 4.54. The van der Waals surface area contributed by atoms with E-state index in [4.69, 9.17) is 4.74 Å². The SMILES string of the molecule is CCC(=O)N(C)C[C@H]1Oc2ncc(Br)cc2C(=O)N([C@@H](C)CO)C[C@@H]1C. The lowest BCUT2D eigenvalue weighted by atomic mass is 10.00. The molecule has 2 amide bonds. The number of halogens is 1. The largest absolute Gasteiger partial charge is 0.472 e. The molecule has 1 N–H and O–H groups in total. The van der Waals surface area contributed by atoms with Gasteiger partial charge in [0.05, 0.1) is 19.2 Å². The highest BCUT2D eigenvalue weighted by Gasteiger charge is 2.34. The topological polar surface area (TPSA) is 83.0 Å². The molecule has 7 nitrogen and oxygen atoms in total. The average Bonchev–Trinajstić information content (AvgIpc) is 2.63. The molecule has 0 spiro atoms. The van der Waals surface area contributed by atoms with Crippen molar-refractivity contribution in [1.82, 2.24) is 14.8 Å². The number of aliphatic hydroxyl groups is 1. The van der Waals surface area contributed by atoms with Crippen LogP contribution in [0.3, 0.4) is 0 Å². The van der Waals surface area contributed by atoms with Crippen LogP contribution in [0.1, 0.15) is 37.6 Å². The van der Waals surface area contributed by atoms with E-state index in [1.807, 2.05) is 13.8 Å². The quantitative estimate of drug-likeness (QED) is 0.775. The number of ether oxygens (including phenoxy) is 1. The normalized spacial score (nSPS) is 21.3. The summed E-state index contributed by atoms with van der Waals surface area (Å²) in [5, 5.41) is 9.57. The smallest absolute Gasteiger partial charge is 0.259 e. The standard InChI is InChI=1S/C18H26BrN3O4/c1-5-16(24)21(4)9-15-11(2)8-22(12(3)10-23)18(25)14-6-13(19)7-20-17(14)26-15/h6-7,11-12,15,23H,5,8-10H2,1-4H3/t11-,12-,15+/m0/s1. The predicted octanol–water partition coefficient (Wildman–Crippen LogP) is 1.93. The number of carbonyl (C=O) groups excluding carboxylic acids is 2. The van der Waals surface area contributed by atoms with E-state index in [1.54, 1.807) is 36.0 Å². The zero-order valence-electron chi connectivity index (χ0n) is 15.6. The van der Waals surface area contributed by atoms with E-state index in [9.17, 15) is 14.7 Å². The molecule has 2 heterocycles. The van der Waals surface area contributed by atoms with Crippen LogP contribution in [0, 0.1) is 5.92 Å². The van der Waals surface area contributed by atoms with E-state index < -0.39 is 0 Å². The summed E-state index contributed by atoms with van der Waals surface area (Å²) in [5.74, 6) is 0.0167. The third-order valence-electron chi connectivity index (χ3n) is 4.67. The number of pyridine rings is 1. The summed E-state index contributed by atoms with van der Waals surface area (Å²) in [6.07, 6.45) is 1.69. The van der Waals surface area contributed by atoms with Crippen molar-refractivity contribution in [3.63, 3.8) is 0 Å². The van der Waals surface area contributed by atoms with Crippen molar-refractivity contribution in [2.75, 3.05) is 26.7 Å². The molecular weight excluding hydrogens is 402 g/mol. The molecular formula is C18H26BrN3O4. The molecule has 2 rings (SSSR count). The van der Waals surface area contributed by atoms with Crippen molar-refractivity contribution < 1.29 is 19.4 Å². The molecule has 0 saturated heterocycles. The van der Waals surface area contributed by atoms with Crippen LogP contribution in [0.15, 0.2) is 16.7 Å². The Morgan fingerprint density at radius 2 is 2.27 bits per heavy atom. The summed E-state index contributed by atoms with van der Waals surface area (Å²) in [6, 6.07) is 1.35. The van der Waals surface area contributed by atoms with Crippen molar-refractivity contribution >= 4 is 27.7 Å². The molecule has 0 aliphatic carbocycles. The number of aliphatic hydroxyl groups excluding tert-OH is 1. The first-order valence-electron chi connectivity index (χ1n) is 8.76. The Morgan fingerprint density at radius 3 is 2.88 bits per heavy atom. The van der Waals surface area contributed by atoms with Crippen molar-refractivity contribution in [2.45, 2.75) is 39.3 Å². The van der Waals surface area contributed by atoms with Gasteiger partial charge in [-0.1, -0.05) is 13.8 Å². The lowest BCUT2D eigenvalue weighted by molar-refractivity contribution is -0.131. The molecule has 1 aliphatic rings. The molecule has 0 saturated carbocycles. The molecule has 0 radical (unpaired) electrons. The van der Waals surface area contributed by atoms with Gasteiger partial charge in [-0.05, 0) is 28.9 Å². The lowest BCUT2D eigenvalue weighted by Crippen LogP contribution is -2.50. The summed E-state index contributed by atoms with van der Waals surface area (Å²) in [6.45, 7) is 6.29. The molecule has 0 aromatic carbocycles. The van der Waals surface area contributed by atoms with Gasteiger partial charge in [-0.15, -0.1) is 0 Å². The number of hydrogen-bond donors (Lipinski definition) is 1. The van der Waals surface area contributed by atoms with E-state index in [0.29, 0.717) is 29.5 Å². The van der Waals surface area contributed by atoms with Crippen LogP contribution in [0.4, 0.5) is 0 Å². The minimum atomic E-state index is -0.328. The third-order valence-corrected chi connectivity index (χ3v) is 5.10. The maximum Gasteiger partial charge on any atom is 0.259 e. The van der Waals surface area contributed by atoms with Crippen LogP contribution in [-0.2, 0) is 4.79 Å². The second-order valence-corrected chi connectivity index (χ2v) is 7.67. The van der Waals surface area contributed by atoms with E-state index in [2.05, 4.69) is 20.9 Å². The highest BCUT2D eigenvalue weighted by Crippen LogP contribution is 2.28. The Balaban J connectivity index is 2.40.